The van der Waals surface area contributed by atoms with Crippen LogP contribution in [-0.2, 0) is 9.53 Å². The van der Waals surface area contributed by atoms with Crippen LogP contribution in [0.2, 0.25) is 0 Å². The Labute approximate surface area is 138 Å². The average molecular weight is 317 g/mol. The van der Waals surface area contributed by atoms with E-state index in [0.717, 1.165) is 12.8 Å². The van der Waals surface area contributed by atoms with Gasteiger partial charge in [-0.25, -0.2) is 4.79 Å². The number of hydrogen-bond donors (Lipinski definition) is 1. The molecule has 3 heteroatoms. The Bertz CT molecular complexity index is 205. The molecule has 0 spiro atoms. The van der Waals surface area contributed by atoms with Gasteiger partial charge in [0.1, 0.15) is 6.10 Å². The smallest absolute Gasteiger partial charge is 0.334 e. The summed E-state index contributed by atoms with van der Waals surface area (Å²) >= 11 is 0. The Morgan fingerprint density at radius 3 is 1.45 bits per heavy atom. The lowest BCUT2D eigenvalue weighted by atomic mass is 10.1. The molecule has 134 valence electrons. The van der Waals surface area contributed by atoms with Crippen molar-refractivity contribution in [2.24, 2.45) is 0 Å². The SMILES string of the molecule is CCCCCCCCCCCC.CCCCOC(=O)C(C)O. The lowest BCUT2D eigenvalue weighted by Crippen LogP contribution is -2.19. The van der Waals surface area contributed by atoms with Crippen molar-refractivity contribution < 1.29 is 14.6 Å². The second-order valence-corrected chi connectivity index (χ2v) is 6.03. The molecule has 1 atom stereocenters. The monoisotopic (exact) mass is 316 g/mol. The van der Waals surface area contributed by atoms with Crippen LogP contribution >= 0.6 is 0 Å². The van der Waals surface area contributed by atoms with Gasteiger partial charge in [0, 0.05) is 0 Å². The van der Waals surface area contributed by atoms with Crippen molar-refractivity contribution in [2.75, 3.05) is 6.61 Å². The molecule has 0 aliphatic carbocycles. The zero-order chi connectivity index (χ0) is 17.1. The van der Waals surface area contributed by atoms with Gasteiger partial charge in [-0.3, -0.25) is 0 Å². The van der Waals surface area contributed by atoms with Crippen molar-refractivity contribution in [2.45, 2.75) is 111 Å². The minimum Gasteiger partial charge on any atom is -0.464 e. The second kappa shape index (κ2) is 20.4. The van der Waals surface area contributed by atoms with Gasteiger partial charge < -0.3 is 9.84 Å². The molecule has 0 aromatic carbocycles. The Morgan fingerprint density at radius 1 is 0.773 bits per heavy atom. The van der Waals surface area contributed by atoms with Gasteiger partial charge in [0.25, 0.3) is 0 Å². The van der Waals surface area contributed by atoms with Crippen LogP contribution in [0.5, 0.6) is 0 Å². The van der Waals surface area contributed by atoms with Gasteiger partial charge in [0.2, 0.25) is 0 Å². The molecule has 0 saturated heterocycles. The minimum atomic E-state index is -0.989. The zero-order valence-electron chi connectivity index (χ0n) is 15.5. The van der Waals surface area contributed by atoms with Crippen LogP contribution in [0.1, 0.15) is 105 Å². The quantitative estimate of drug-likeness (QED) is 0.353. The highest BCUT2D eigenvalue weighted by atomic mass is 16.5. The predicted octanol–water partition coefficient (Wildman–Crippen LogP) is 5.64. The molecule has 0 heterocycles. The summed E-state index contributed by atoms with van der Waals surface area (Å²) in [6, 6.07) is 0. The fourth-order valence-electron chi connectivity index (χ4n) is 2.00. The molecule has 3 nitrogen and oxygen atoms in total. The molecule has 0 rings (SSSR count). The van der Waals surface area contributed by atoms with Gasteiger partial charge in [-0.1, -0.05) is 91.4 Å². The number of esters is 1. The molecule has 0 amide bonds. The largest absolute Gasteiger partial charge is 0.464 e. The first-order chi connectivity index (χ1) is 10.6. The number of ether oxygens (including phenoxy) is 1. The van der Waals surface area contributed by atoms with Crippen molar-refractivity contribution in [3.05, 3.63) is 0 Å². The van der Waals surface area contributed by atoms with Gasteiger partial charge in [-0.2, -0.15) is 0 Å². The summed E-state index contributed by atoms with van der Waals surface area (Å²) in [4.78, 5) is 10.5. The maximum atomic E-state index is 10.5. The third-order valence-electron chi connectivity index (χ3n) is 3.54. The van der Waals surface area contributed by atoms with Gasteiger partial charge in [0.15, 0.2) is 0 Å². The average Bonchev–Trinajstić information content (AvgIpc) is 2.50. The van der Waals surface area contributed by atoms with Gasteiger partial charge in [-0.15, -0.1) is 0 Å². The van der Waals surface area contributed by atoms with Gasteiger partial charge in [-0.05, 0) is 13.3 Å². The van der Waals surface area contributed by atoms with E-state index in [0.29, 0.717) is 6.61 Å². The molecule has 22 heavy (non-hydrogen) atoms. The Morgan fingerprint density at radius 2 is 1.14 bits per heavy atom. The molecule has 1 N–H and O–H groups in total. The van der Waals surface area contributed by atoms with Crippen molar-refractivity contribution in [1.82, 2.24) is 0 Å². The summed E-state index contributed by atoms with van der Waals surface area (Å²) in [5.41, 5.74) is 0. The number of aliphatic hydroxyl groups excluding tert-OH is 1. The Kier molecular flexibility index (Phi) is 22.0. The molecular formula is C19H40O3. The summed E-state index contributed by atoms with van der Waals surface area (Å²) in [6.45, 7) is 8.38. The van der Waals surface area contributed by atoms with E-state index in [1.54, 1.807) is 0 Å². The number of unbranched alkanes of at least 4 members (excludes halogenated alkanes) is 10. The molecule has 1 unspecified atom stereocenters. The maximum absolute atomic E-state index is 10.5. The van der Waals surface area contributed by atoms with Crippen LogP contribution in [0.25, 0.3) is 0 Å². The fourth-order valence-corrected chi connectivity index (χ4v) is 2.00. The first kappa shape index (κ1) is 23.7. The molecule has 0 fully saturated rings. The number of rotatable bonds is 13. The van der Waals surface area contributed by atoms with Crippen LogP contribution in [0.3, 0.4) is 0 Å². The van der Waals surface area contributed by atoms with Crippen molar-refractivity contribution in [3.8, 4) is 0 Å². The van der Waals surface area contributed by atoms with E-state index in [1.807, 2.05) is 6.92 Å². The number of aliphatic hydroxyl groups is 1. The van der Waals surface area contributed by atoms with Crippen LogP contribution in [0.15, 0.2) is 0 Å². The summed E-state index contributed by atoms with van der Waals surface area (Å²) in [5.74, 6) is -0.534. The van der Waals surface area contributed by atoms with E-state index >= 15 is 0 Å². The van der Waals surface area contributed by atoms with E-state index in [9.17, 15) is 4.79 Å². The lowest BCUT2D eigenvalue weighted by molar-refractivity contribution is -0.152. The lowest BCUT2D eigenvalue weighted by Gasteiger charge is -2.04. The molecule has 0 radical (unpaired) electrons. The van der Waals surface area contributed by atoms with Crippen molar-refractivity contribution >= 4 is 5.97 Å². The van der Waals surface area contributed by atoms with Crippen LogP contribution in [0, 0.1) is 0 Å². The summed E-state index contributed by atoms with van der Waals surface area (Å²) in [7, 11) is 0. The van der Waals surface area contributed by atoms with Crippen LogP contribution < -0.4 is 0 Å². The van der Waals surface area contributed by atoms with E-state index in [4.69, 9.17) is 5.11 Å². The van der Waals surface area contributed by atoms with Crippen LogP contribution in [-0.4, -0.2) is 23.8 Å². The minimum absolute atomic E-state index is 0.417. The standard InChI is InChI=1S/C12H26.C7H14O3/c1-3-5-7-9-11-12-10-8-6-4-2;1-3-4-5-10-7(9)6(2)8/h3-12H2,1-2H3;6,8H,3-5H2,1-2H3. The van der Waals surface area contributed by atoms with Gasteiger partial charge >= 0.3 is 5.97 Å². The van der Waals surface area contributed by atoms with Crippen molar-refractivity contribution in [1.29, 1.82) is 0 Å². The molecule has 0 bridgehead atoms. The molecular weight excluding hydrogens is 276 g/mol. The first-order valence-corrected chi connectivity index (χ1v) is 9.44. The fraction of sp³-hybridized carbons (Fsp3) is 0.947. The highest BCUT2D eigenvalue weighted by Gasteiger charge is 2.08. The Balaban J connectivity index is 0. The maximum Gasteiger partial charge on any atom is 0.334 e. The number of carbonyl (C=O) groups excluding carboxylic acids is 1. The number of hydrogen-bond acceptors (Lipinski definition) is 3. The topological polar surface area (TPSA) is 46.5 Å². The Hall–Kier alpha value is -0.570. The molecule has 0 aromatic heterocycles. The van der Waals surface area contributed by atoms with Gasteiger partial charge in [0.05, 0.1) is 6.61 Å². The highest BCUT2D eigenvalue weighted by molar-refractivity contribution is 5.73. The zero-order valence-corrected chi connectivity index (χ0v) is 15.5. The molecule has 0 aromatic rings. The van der Waals surface area contributed by atoms with E-state index in [1.165, 1.54) is 71.1 Å². The summed E-state index contributed by atoms with van der Waals surface area (Å²) < 4.78 is 4.65. The molecule has 0 aliphatic rings. The highest BCUT2D eigenvalue weighted by Crippen LogP contribution is 2.09. The second-order valence-electron chi connectivity index (χ2n) is 6.03. The third-order valence-corrected chi connectivity index (χ3v) is 3.54. The first-order valence-electron chi connectivity index (χ1n) is 9.44. The number of carbonyl (C=O) groups is 1. The summed E-state index contributed by atoms with van der Waals surface area (Å²) in [6.07, 6.45) is 15.3. The van der Waals surface area contributed by atoms with Crippen molar-refractivity contribution in [3.63, 3.8) is 0 Å². The van der Waals surface area contributed by atoms with E-state index in [2.05, 4.69) is 18.6 Å². The normalized spacial score (nSPS) is 11.5. The van der Waals surface area contributed by atoms with Crippen LogP contribution in [0.4, 0.5) is 0 Å². The summed E-state index contributed by atoms with van der Waals surface area (Å²) in [5, 5.41) is 8.65. The predicted molar refractivity (Wildman–Crippen MR) is 95.1 cm³/mol. The molecule has 0 saturated carbocycles. The van der Waals surface area contributed by atoms with E-state index in [-0.39, 0.29) is 0 Å². The van der Waals surface area contributed by atoms with E-state index < -0.39 is 12.1 Å². The molecule has 0 aliphatic heterocycles. The third kappa shape index (κ3) is 21.7.